The molecule has 0 saturated carbocycles. The van der Waals surface area contributed by atoms with Gasteiger partial charge in [0.1, 0.15) is 10.6 Å². The average molecular weight is 417 g/mol. The maximum Gasteiger partial charge on any atom is 0.246 e. The molecule has 0 aliphatic rings. The minimum Gasteiger partial charge on any atom is -0.495 e. The Labute approximate surface area is 162 Å². The Bertz CT molecular complexity index is 912. The lowest BCUT2D eigenvalue weighted by Crippen LogP contribution is -2.35. The SMILES string of the molecule is COc1ccc(C)cc1S(=O)(=O)N(C)CC(=O)Nc1c(Cl)cccc1Cl. The first-order valence-electron chi connectivity index (χ1n) is 7.51. The number of benzene rings is 2. The van der Waals surface area contributed by atoms with Crippen LogP contribution in [-0.4, -0.2) is 39.3 Å². The van der Waals surface area contributed by atoms with E-state index in [4.69, 9.17) is 27.9 Å². The summed E-state index contributed by atoms with van der Waals surface area (Å²) in [7, 11) is -1.24. The van der Waals surface area contributed by atoms with Crippen LogP contribution in [0.25, 0.3) is 0 Å². The third-order valence-corrected chi connectivity index (χ3v) is 6.06. The lowest BCUT2D eigenvalue weighted by Gasteiger charge is -2.19. The molecule has 1 amide bonds. The van der Waals surface area contributed by atoms with Crippen LogP contribution < -0.4 is 10.1 Å². The molecule has 6 nitrogen and oxygen atoms in total. The van der Waals surface area contributed by atoms with Gasteiger partial charge in [-0.2, -0.15) is 4.31 Å². The standard InChI is InChI=1S/C17H18Cl2N2O4S/c1-11-7-8-14(25-3)15(9-11)26(23,24)21(2)10-16(22)20-17-12(18)5-4-6-13(17)19/h4-9H,10H2,1-3H3,(H,20,22). The number of methoxy groups -OCH3 is 1. The second kappa shape index (κ2) is 8.26. The van der Waals surface area contributed by atoms with Crippen LogP contribution in [0.1, 0.15) is 5.56 Å². The van der Waals surface area contributed by atoms with Crippen LogP contribution in [-0.2, 0) is 14.8 Å². The second-order valence-electron chi connectivity index (χ2n) is 5.56. The van der Waals surface area contributed by atoms with Gasteiger partial charge in [-0.05, 0) is 36.8 Å². The summed E-state index contributed by atoms with van der Waals surface area (Å²) in [6.07, 6.45) is 0. The molecular weight excluding hydrogens is 399 g/mol. The molecule has 0 radical (unpaired) electrons. The summed E-state index contributed by atoms with van der Waals surface area (Å²) in [6.45, 7) is 1.35. The molecule has 2 aromatic rings. The number of para-hydroxylation sites is 1. The summed E-state index contributed by atoms with van der Waals surface area (Å²) < 4.78 is 31.7. The van der Waals surface area contributed by atoms with E-state index < -0.39 is 22.5 Å². The predicted octanol–water partition coefficient (Wildman–Crippen LogP) is 3.57. The quantitative estimate of drug-likeness (QED) is 0.780. The molecule has 140 valence electrons. The van der Waals surface area contributed by atoms with Gasteiger partial charge in [0, 0.05) is 7.05 Å². The lowest BCUT2D eigenvalue weighted by molar-refractivity contribution is -0.116. The minimum absolute atomic E-state index is 0.00826. The first kappa shape index (κ1) is 20.5. The summed E-state index contributed by atoms with van der Waals surface area (Å²) in [6, 6.07) is 9.58. The zero-order chi connectivity index (χ0) is 19.5. The Hall–Kier alpha value is -1.80. The van der Waals surface area contributed by atoms with Crippen molar-refractivity contribution in [1.29, 1.82) is 0 Å². The van der Waals surface area contributed by atoms with Gasteiger partial charge in [0.15, 0.2) is 0 Å². The van der Waals surface area contributed by atoms with E-state index in [0.717, 1.165) is 9.87 Å². The molecule has 0 bridgehead atoms. The largest absolute Gasteiger partial charge is 0.495 e. The molecular formula is C17H18Cl2N2O4S. The van der Waals surface area contributed by atoms with E-state index in [2.05, 4.69) is 5.32 Å². The van der Waals surface area contributed by atoms with E-state index in [1.807, 2.05) is 0 Å². The fourth-order valence-corrected chi connectivity index (χ4v) is 4.09. The number of nitrogens with one attached hydrogen (secondary N) is 1. The summed E-state index contributed by atoms with van der Waals surface area (Å²) in [5, 5.41) is 3.05. The summed E-state index contributed by atoms with van der Waals surface area (Å²) in [5.74, 6) is -0.366. The molecule has 0 saturated heterocycles. The first-order chi connectivity index (χ1) is 12.2. The fraction of sp³-hybridized carbons (Fsp3) is 0.235. The number of amides is 1. The Morgan fingerprint density at radius 3 is 2.38 bits per heavy atom. The van der Waals surface area contributed by atoms with Gasteiger partial charge in [0.25, 0.3) is 0 Å². The molecule has 0 atom stereocenters. The number of hydrogen-bond donors (Lipinski definition) is 1. The van der Waals surface area contributed by atoms with E-state index in [1.165, 1.54) is 20.2 Å². The van der Waals surface area contributed by atoms with E-state index in [0.29, 0.717) is 0 Å². The number of ether oxygens (including phenoxy) is 1. The summed E-state index contributed by atoms with van der Waals surface area (Å²) in [5.41, 5.74) is 0.991. The second-order valence-corrected chi connectivity index (χ2v) is 8.39. The number of nitrogens with zero attached hydrogens (tertiary/aromatic N) is 1. The van der Waals surface area contributed by atoms with Gasteiger partial charge in [-0.15, -0.1) is 0 Å². The molecule has 0 aromatic heterocycles. The Morgan fingerprint density at radius 1 is 1.19 bits per heavy atom. The number of hydrogen-bond acceptors (Lipinski definition) is 4. The molecule has 1 N–H and O–H groups in total. The number of carbonyl (C=O) groups is 1. The van der Waals surface area contributed by atoms with Gasteiger partial charge in [-0.3, -0.25) is 4.79 Å². The lowest BCUT2D eigenvalue weighted by atomic mass is 10.2. The molecule has 0 aliphatic carbocycles. The van der Waals surface area contributed by atoms with Crippen LogP contribution in [0.5, 0.6) is 5.75 Å². The van der Waals surface area contributed by atoms with Crippen LogP contribution >= 0.6 is 23.2 Å². The van der Waals surface area contributed by atoms with Crippen molar-refractivity contribution in [2.24, 2.45) is 0 Å². The smallest absolute Gasteiger partial charge is 0.246 e. The number of carbonyl (C=O) groups excluding carboxylic acids is 1. The van der Waals surface area contributed by atoms with Crippen LogP contribution in [0, 0.1) is 6.92 Å². The first-order valence-corrected chi connectivity index (χ1v) is 9.71. The highest BCUT2D eigenvalue weighted by molar-refractivity contribution is 7.89. The number of rotatable bonds is 6. The summed E-state index contributed by atoms with van der Waals surface area (Å²) in [4.78, 5) is 12.3. The van der Waals surface area contributed by atoms with Crippen LogP contribution in [0.15, 0.2) is 41.3 Å². The molecule has 0 spiro atoms. The molecule has 0 heterocycles. The monoisotopic (exact) mass is 416 g/mol. The number of halogens is 2. The highest BCUT2D eigenvalue weighted by atomic mass is 35.5. The van der Waals surface area contributed by atoms with Gasteiger partial charge in [0.2, 0.25) is 15.9 Å². The predicted molar refractivity (Wildman–Crippen MR) is 103 cm³/mol. The highest BCUT2D eigenvalue weighted by Gasteiger charge is 2.27. The highest BCUT2D eigenvalue weighted by Crippen LogP contribution is 2.30. The van der Waals surface area contributed by atoms with Crippen molar-refractivity contribution in [2.45, 2.75) is 11.8 Å². The molecule has 0 aliphatic heterocycles. The van der Waals surface area contributed by atoms with Gasteiger partial charge in [-0.25, -0.2) is 8.42 Å². The van der Waals surface area contributed by atoms with E-state index in [-0.39, 0.29) is 26.4 Å². The number of sulfonamides is 1. The van der Waals surface area contributed by atoms with Crippen LogP contribution in [0.2, 0.25) is 10.0 Å². The molecule has 26 heavy (non-hydrogen) atoms. The van der Waals surface area contributed by atoms with Crippen molar-refractivity contribution in [3.8, 4) is 5.75 Å². The molecule has 2 rings (SSSR count). The van der Waals surface area contributed by atoms with Crippen molar-refractivity contribution < 1.29 is 17.9 Å². The zero-order valence-corrected chi connectivity index (χ0v) is 16.7. The van der Waals surface area contributed by atoms with Crippen molar-refractivity contribution in [3.05, 3.63) is 52.0 Å². The number of aryl methyl sites for hydroxylation is 1. The van der Waals surface area contributed by atoms with Gasteiger partial charge < -0.3 is 10.1 Å². The molecule has 2 aromatic carbocycles. The zero-order valence-electron chi connectivity index (χ0n) is 14.4. The maximum absolute atomic E-state index is 12.8. The van der Waals surface area contributed by atoms with Crippen molar-refractivity contribution in [2.75, 3.05) is 26.0 Å². The third kappa shape index (κ3) is 4.48. The minimum atomic E-state index is -3.93. The van der Waals surface area contributed by atoms with Crippen molar-refractivity contribution >= 4 is 44.8 Å². The number of likely N-dealkylation sites (N-methyl/N-ethyl adjacent to an activating group) is 1. The van der Waals surface area contributed by atoms with E-state index in [9.17, 15) is 13.2 Å². The summed E-state index contributed by atoms with van der Waals surface area (Å²) >= 11 is 12.0. The average Bonchev–Trinajstić information content (AvgIpc) is 2.58. The van der Waals surface area contributed by atoms with E-state index >= 15 is 0 Å². The third-order valence-electron chi connectivity index (χ3n) is 3.60. The Balaban J connectivity index is 2.22. The Kier molecular flexibility index (Phi) is 6.52. The van der Waals surface area contributed by atoms with Crippen LogP contribution in [0.4, 0.5) is 5.69 Å². The van der Waals surface area contributed by atoms with Crippen LogP contribution in [0.3, 0.4) is 0 Å². The van der Waals surface area contributed by atoms with Gasteiger partial charge in [0.05, 0.1) is 29.4 Å². The van der Waals surface area contributed by atoms with Gasteiger partial charge >= 0.3 is 0 Å². The number of anilines is 1. The topological polar surface area (TPSA) is 75.7 Å². The molecule has 0 fully saturated rings. The maximum atomic E-state index is 12.8. The molecule has 9 heteroatoms. The normalized spacial score (nSPS) is 11.5. The van der Waals surface area contributed by atoms with Crippen molar-refractivity contribution in [1.82, 2.24) is 4.31 Å². The van der Waals surface area contributed by atoms with Crippen molar-refractivity contribution in [3.63, 3.8) is 0 Å². The fourth-order valence-electron chi connectivity index (χ4n) is 2.24. The van der Waals surface area contributed by atoms with E-state index in [1.54, 1.807) is 37.3 Å². The molecule has 0 unspecified atom stereocenters. The van der Waals surface area contributed by atoms with Gasteiger partial charge in [-0.1, -0.05) is 35.3 Å². The Morgan fingerprint density at radius 2 is 1.81 bits per heavy atom.